The third-order valence-electron chi connectivity index (χ3n) is 3.64. The molecule has 104 valence electrons. The van der Waals surface area contributed by atoms with Crippen molar-refractivity contribution < 1.29 is 4.74 Å². The summed E-state index contributed by atoms with van der Waals surface area (Å²) in [6, 6.07) is 12.8. The number of methoxy groups -OCH3 is 1. The van der Waals surface area contributed by atoms with Gasteiger partial charge in [-0.1, -0.05) is 24.3 Å². The molecule has 1 unspecified atom stereocenters. The van der Waals surface area contributed by atoms with Crippen LogP contribution in [-0.2, 0) is 6.54 Å². The van der Waals surface area contributed by atoms with Gasteiger partial charge in [0.05, 0.1) is 25.0 Å². The lowest BCUT2D eigenvalue weighted by atomic mass is 9.99. The number of hydrogen-bond donors (Lipinski definition) is 2. The fraction of sp³-hybridized carbons (Fsp3) is 0.312. The Morgan fingerprint density at radius 1 is 1.25 bits per heavy atom. The minimum atomic E-state index is 0.316. The van der Waals surface area contributed by atoms with Crippen molar-refractivity contribution >= 4 is 5.69 Å². The molecule has 0 spiro atoms. The molecule has 0 radical (unpaired) electrons. The average Bonchev–Trinajstić information content (AvgIpc) is 2.71. The maximum atomic E-state index is 5.09. The molecular formula is C16H19N3O. The number of aromatic nitrogens is 1. The van der Waals surface area contributed by atoms with Gasteiger partial charge < -0.3 is 15.4 Å². The smallest absolute Gasteiger partial charge is 0.213 e. The third kappa shape index (κ3) is 2.75. The monoisotopic (exact) mass is 269 g/mol. The number of ether oxygens (including phenoxy) is 1. The Bertz CT molecular complexity index is 568. The van der Waals surface area contributed by atoms with E-state index in [2.05, 4.69) is 39.9 Å². The highest BCUT2D eigenvalue weighted by molar-refractivity contribution is 5.46. The van der Waals surface area contributed by atoms with Crippen LogP contribution < -0.4 is 15.4 Å². The fourth-order valence-electron chi connectivity index (χ4n) is 2.60. The summed E-state index contributed by atoms with van der Waals surface area (Å²) >= 11 is 0. The topological polar surface area (TPSA) is 46.2 Å². The molecular weight excluding hydrogens is 250 g/mol. The van der Waals surface area contributed by atoms with Crippen LogP contribution in [0.25, 0.3) is 0 Å². The number of rotatable bonds is 3. The number of nitrogens with zero attached hydrogens (tertiary/aromatic N) is 1. The van der Waals surface area contributed by atoms with Gasteiger partial charge in [-0.05, 0) is 30.2 Å². The molecule has 0 fully saturated rings. The molecule has 1 aromatic heterocycles. The lowest BCUT2D eigenvalue weighted by molar-refractivity contribution is 0.398. The molecule has 0 aliphatic carbocycles. The van der Waals surface area contributed by atoms with Crippen molar-refractivity contribution in [3.05, 3.63) is 53.7 Å². The largest absolute Gasteiger partial charge is 0.481 e. The van der Waals surface area contributed by atoms with Crippen LogP contribution in [0.2, 0.25) is 0 Å². The van der Waals surface area contributed by atoms with Crippen LogP contribution in [-0.4, -0.2) is 18.6 Å². The van der Waals surface area contributed by atoms with Gasteiger partial charge in [0.1, 0.15) is 0 Å². The molecule has 2 aromatic rings. The summed E-state index contributed by atoms with van der Waals surface area (Å²) in [5.74, 6) is 0.637. The van der Waals surface area contributed by atoms with Crippen molar-refractivity contribution in [3.63, 3.8) is 0 Å². The van der Waals surface area contributed by atoms with Crippen LogP contribution in [0.5, 0.6) is 5.88 Å². The SMILES string of the molecule is COc1ccc(NC2CCNCc3ccccc32)cn1. The minimum Gasteiger partial charge on any atom is -0.481 e. The number of benzene rings is 1. The zero-order chi connectivity index (χ0) is 13.8. The zero-order valence-electron chi connectivity index (χ0n) is 11.6. The Morgan fingerprint density at radius 3 is 2.95 bits per heavy atom. The van der Waals surface area contributed by atoms with Crippen LogP contribution in [0, 0.1) is 0 Å². The van der Waals surface area contributed by atoms with Crippen LogP contribution in [0.15, 0.2) is 42.6 Å². The second-order valence-corrected chi connectivity index (χ2v) is 4.95. The van der Waals surface area contributed by atoms with E-state index in [1.807, 2.05) is 18.3 Å². The van der Waals surface area contributed by atoms with Gasteiger partial charge in [-0.3, -0.25) is 0 Å². The molecule has 0 saturated heterocycles. The van der Waals surface area contributed by atoms with Crippen molar-refractivity contribution in [1.29, 1.82) is 0 Å². The van der Waals surface area contributed by atoms with E-state index in [1.165, 1.54) is 11.1 Å². The van der Waals surface area contributed by atoms with Crippen LogP contribution >= 0.6 is 0 Å². The molecule has 1 aromatic carbocycles. The summed E-state index contributed by atoms with van der Waals surface area (Å²) in [5, 5.41) is 7.03. The van der Waals surface area contributed by atoms with E-state index in [1.54, 1.807) is 7.11 Å². The van der Waals surface area contributed by atoms with Crippen LogP contribution in [0.3, 0.4) is 0 Å². The first-order chi connectivity index (χ1) is 9.86. The van der Waals surface area contributed by atoms with Crippen molar-refractivity contribution in [2.75, 3.05) is 19.0 Å². The van der Waals surface area contributed by atoms with Crippen molar-refractivity contribution in [1.82, 2.24) is 10.3 Å². The summed E-state index contributed by atoms with van der Waals surface area (Å²) in [6.45, 7) is 1.95. The first-order valence-electron chi connectivity index (χ1n) is 6.92. The Hall–Kier alpha value is -2.07. The minimum absolute atomic E-state index is 0.316. The molecule has 1 atom stereocenters. The van der Waals surface area contributed by atoms with Gasteiger partial charge in [0.25, 0.3) is 0 Å². The standard InChI is InChI=1S/C16H19N3O/c1-20-16-7-6-13(11-18-16)19-15-8-9-17-10-12-4-2-3-5-14(12)15/h2-7,11,15,17,19H,8-10H2,1H3. The number of hydrogen-bond acceptors (Lipinski definition) is 4. The van der Waals surface area contributed by atoms with Crippen molar-refractivity contribution in [2.24, 2.45) is 0 Å². The molecule has 1 aliphatic rings. The lowest BCUT2D eigenvalue weighted by Gasteiger charge is -2.20. The van der Waals surface area contributed by atoms with Gasteiger partial charge >= 0.3 is 0 Å². The Balaban J connectivity index is 1.82. The normalized spacial score (nSPS) is 17.9. The molecule has 0 amide bonds. The highest BCUT2D eigenvalue weighted by atomic mass is 16.5. The summed E-state index contributed by atoms with van der Waals surface area (Å²) in [5.41, 5.74) is 3.75. The molecule has 4 heteroatoms. The second-order valence-electron chi connectivity index (χ2n) is 4.95. The highest BCUT2D eigenvalue weighted by Gasteiger charge is 2.17. The van der Waals surface area contributed by atoms with Gasteiger partial charge in [0.2, 0.25) is 5.88 Å². The lowest BCUT2D eigenvalue weighted by Crippen LogP contribution is -2.15. The van der Waals surface area contributed by atoms with E-state index in [4.69, 9.17) is 4.74 Å². The summed E-state index contributed by atoms with van der Waals surface area (Å²) in [4.78, 5) is 4.24. The van der Waals surface area contributed by atoms with Gasteiger partial charge in [-0.15, -0.1) is 0 Å². The zero-order valence-corrected chi connectivity index (χ0v) is 11.6. The predicted molar refractivity (Wildman–Crippen MR) is 79.9 cm³/mol. The molecule has 20 heavy (non-hydrogen) atoms. The predicted octanol–water partition coefficient (Wildman–Crippen LogP) is 2.74. The third-order valence-corrected chi connectivity index (χ3v) is 3.64. The van der Waals surface area contributed by atoms with Crippen molar-refractivity contribution in [3.8, 4) is 5.88 Å². The Kier molecular flexibility index (Phi) is 3.83. The van der Waals surface area contributed by atoms with Gasteiger partial charge in [0, 0.05) is 12.6 Å². The van der Waals surface area contributed by atoms with E-state index in [0.717, 1.165) is 25.2 Å². The Labute approximate surface area is 119 Å². The maximum Gasteiger partial charge on any atom is 0.213 e. The van der Waals surface area contributed by atoms with E-state index < -0.39 is 0 Å². The molecule has 3 rings (SSSR count). The second kappa shape index (κ2) is 5.92. The first-order valence-corrected chi connectivity index (χ1v) is 6.92. The molecule has 2 N–H and O–H groups in total. The number of nitrogens with one attached hydrogen (secondary N) is 2. The highest BCUT2D eigenvalue weighted by Crippen LogP contribution is 2.27. The quantitative estimate of drug-likeness (QED) is 0.899. The summed E-state index contributed by atoms with van der Waals surface area (Å²) in [7, 11) is 1.63. The van der Waals surface area contributed by atoms with Gasteiger partial charge in [-0.2, -0.15) is 0 Å². The maximum absolute atomic E-state index is 5.09. The van der Waals surface area contributed by atoms with Gasteiger partial charge in [-0.25, -0.2) is 4.98 Å². The number of anilines is 1. The van der Waals surface area contributed by atoms with Crippen LogP contribution in [0.4, 0.5) is 5.69 Å². The van der Waals surface area contributed by atoms with E-state index >= 15 is 0 Å². The molecule has 0 saturated carbocycles. The molecule has 4 nitrogen and oxygen atoms in total. The van der Waals surface area contributed by atoms with Crippen molar-refractivity contribution in [2.45, 2.75) is 19.0 Å². The molecule has 1 aliphatic heterocycles. The molecule has 0 bridgehead atoms. The number of pyridine rings is 1. The molecule has 2 heterocycles. The Morgan fingerprint density at radius 2 is 2.15 bits per heavy atom. The van der Waals surface area contributed by atoms with E-state index in [0.29, 0.717) is 11.9 Å². The van der Waals surface area contributed by atoms with E-state index in [9.17, 15) is 0 Å². The van der Waals surface area contributed by atoms with Crippen LogP contribution in [0.1, 0.15) is 23.6 Å². The summed E-state index contributed by atoms with van der Waals surface area (Å²) in [6.07, 6.45) is 2.88. The number of fused-ring (bicyclic) bond motifs is 1. The average molecular weight is 269 g/mol. The first kappa shape index (κ1) is 12.9. The fourth-order valence-corrected chi connectivity index (χ4v) is 2.60. The summed E-state index contributed by atoms with van der Waals surface area (Å²) < 4.78 is 5.09. The van der Waals surface area contributed by atoms with E-state index in [-0.39, 0.29) is 0 Å². The van der Waals surface area contributed by atoms with Gasteiger partial charge in [0.15, 0.2) is 0 Å².